The first kappa shape index (κ1) is 13.8. The Balaban J connectivity index is 2.24. The van der Waals surface area contributed by atoms with E-state index >= 15 is 0 Å². The van der Waals surface area contributed by atoms with Gasteiger partial charge in [-0.1, -0.05) is 0 Å². The van der Waals surface area contributed by atoms with Gasteiger partial charge < -0.3 is 20.1 Å². The van der Waals surface area contributed by atoms with Crippen molar-refractivity contribution in [1.29, 1.82) is 0 Å². The molecule has 1 aliphatic rings. The molecule has 0 bridgehead atoms. The maximum absolute atomic E-state index is 11.7. The maximum Gasteiger partial charge on any atom is 0.317 e. The SMILES string of the molecule is CC1OCCC1N(C)C(=O)NCCCC(=O)O. The number of urea groups is 1. The number of rotatable bonds is 5. The molecule has 1 aliphatic heterocycles. The van der Waals surface area contributed by atoms with Gasteiger partial charge in [0.2, 0.25) is 0 Å². The number of carbonyl (C=O) groups is 2. The maximum atomic E-state index is 11.7. The molecule has 17 heavy (non-hydrogen) atoms. The van der Waals surface area contributed by atoms with E-state index in [1.165, 1.54) is 0 Å². The van der Waals surface area contributed by atoms with Crippen molar-refractivity contribution in [2.24, 2.45) is 0 Å². The zero-order valence-electron chi connectivity index (χ0n) is 10.3. The third-order valence-electron chi connectivity index (χ3n) is 3.00. The Morgan fingerprint density at radius 2 is 2.24 bits per heavy atom. The van der Waals surface area contributed by atoms with E-state index < -0.39 is 5.97 Å². The van der Waals surface area contributed by atoms with E-state index in [1.807, 2.05) is 6.92 Å². The Kier molecular flexibility index (Phi) is 5.21. The fourth-order valence-electron chi connectivity index (χ4n) is 1.94. The van der Waals surface area contributed by atoms with Gasteiger partial charge in [0.05, 0.1) is 12.1 Å². The number of likely N-dealkylation sites (N-methyl/N-ethyl adjacent to an activating group) is 1. The zero-order valence-corrected chi connectivity index (χ0v) is 10.3. The number of nitrogens with one attached hydrogen (secondary N) is 1. The second kappa shape index (κ2) is 6.44. The lowest BCUT2D eigenvalue weighted by Gasteiger charge is -2.26. The smallest absolute Gasteiger partial charge is 0.317 e. The fraction of sp³-hybridized carbons (Fsp3) is 0.818. The van der Waals surface area contributed by atoms with E-state index in [1.54, 1.807) is 11.9 Å². The minimum absolute atomic E-state index is 0.0600. The first-order chi connectivity index (χ1) is 8.02. The zero-order chi connectivity index (χ0) is 12.8. The Labute approximate surface area is 101 Å². The summed E-state index contributed by atoms with van der Waals surface area (Å²) in [7, 11) is 1.74. The van der Waals surface area contributed by atoms with Crippen LogP contribution in [-0.4, -0.2) is 54.4 Å². The summed E-state index contributed by atoms with van der Waals surface area (Å²) >= 11 is 0. The molecule has 0 aromatic carbocycles. The summed E-state index contributed by atoms with van der Waals surface area (Å²) in [6.07, 6.45) is 1.43. The molecule has 0 radical (unpaired) electrons. The Hall–Kier alpha value is -1.30. The van der Waals surface area contributed by atoms with Gasteiger partial charge in [-0.05, 0) is 19.8 Å². The molecule has 1 fully saturated rings. The number of amides is 2. The summed E-state index contributed by atoms with van der Waals surface area (Å²) in [5.74, 6) is -0.842. The number of nitrogens with zero attached hydrogens (tertiary/aromatic N) is 1. The average Bonchev–Trinajstić information content (AvgIpc) is 2.69. The first-order valence-electron chi connectivity index (χ1n) is 5.86. The van der Waals surface area contributed by atoms with Crippen LogP contribution in [0.15, 0.2) is 0 Å². The van der Waals surface area contributed by atoms with Crippen LogP contribution < -0.4 is 5.32 Å². The molecule has 6 heteroatoms. The highest BCUT2D eigenvalue weighted by atomic mass is 16.5. The molecule has 1 rings (SSSR count). The van der Waals surface area contributed by atoms with Crippen LogP contribution in [0, 0.1) is 0 Å². The lowest BCUT2D eigenvalue weighted by Crippen LogP contribution is -2.46. The average molecular weight is 244 g/mol. The van der Waals surface area contributed by atoms with E-state index in [0.29, 0.717) is 19.6 Å². The molecule has 2 unspecified atom stereocenters. The summed E-state index contributed by atoms with van der Waals surface area (Å²) in [5.41, 5.74) is 0. The van der Waals surface area contributed by atoms with Gasteiger partial charge in [-0.3, -0.25) is 4.79 Å². The van der Waals surface area contributed by atoms with Gasteiger partial charge in [0.1, 0.15) is 0 Å². The molecule has 2 N–H and O–H groups in total. The number of carboxylic acids is 1. The van der Waals surface area contributed by atoms with Gasteiger partial charge in [-0.25, -0.2) is 4.79 Å². The summed E-state index contributed by atoms with van der Waals surface area (Å²) < 4.78 is 5.39. The topological polar surface area (TPSA) is 78.9 Å². The largest absolute Gasteiger partial charge is 0.481 e. The van der Waals surface area contributed by atoms with Crippen molar-refractivity contribution in [3.05, 3.63) is 0 Å². The minimum Gasteiger partial charge on any atom is -0.481 e. The molecule has 0 aromatic rings. The molecular formula is C11H20N2O4. The number of hydrogen-bond acceptors (Lipinski definition) is 3. The molecule has 98 valence electrons. The van der Waals surface area contributed by atoms with Crippen LogP contribution in [0.1, 0.15) is 26.2 Å². The van der Waals surface area contributed by atoms with Crippen LogP contribution in [0.3, 0.4) is 0 Å². The standard InChI is InChI=1S/C11H20N2O4/c1-8-9(5-7-17-8)13(2)11(16)12-6-3-4-10(14)15/h8-9H,3-7H2,1-2H3,(H,12,16)(H,14,15). The molecule has 2 atom stereocenters. The molecular weight excluding hydrogens is 224 g/mol. The van der Waals surface area contributed by atoms with Crippen molar-refractivity contribution < 1.29 is 19.4 Å². The van der Waals surface area contributed by atoms with Crippen LogP contribution in [0.25, 0.3) is 0 Å². The Morgan fingerprint density at radius 3 is 2.76 bits per heavy atom. The summed E-state index contributed by atoms with van der Waals surface area (Å²) in [5, 5.41) is 11.2. The first-order valence-corrected chi connectivity index (χ1v) is 5.86. The summed E-state index contributed by atoms with van der Waals surface area (Å²) in [4.78, 5) is 23.7. The van der Waals surface area contributed by atoms with Crippen molar-refractivity contribution in [1.82, 2.24) is 10.2 Å². The van der Waals surface area contributed by atoms with Crippen molar-refractivity contribution >= 4 is 12.0 Å². The van der Waals surface area contributed by atoms with Crippen LogP contribution >= 0.6 is 0 Å². The second-order valence-corrected chi connectivity index (χ2v) is 4.27. The molecule has 1 heterocycles. The van der Waals surface area contributed by atoms with E-state index in [2.05, 4.69) is 5.32 Å². The molecule has 0 aromatic heterocycles. The van der Waals surface area contributed by atoms with Gasteiger partial charge in [-0.2, -0.15) is 0 Å². The predicted octanol–water partition coefficient (Wildman–Crippen LogP) is 0.670. The molecule has 1 saturated heterocycles. The fourth-order valence-corrected chi connectivity index (χ4v) is 1.94. The lowest BCUT2D eigenvalue weighted by molar-refractivity contribution is -0.137. The highest BCUT2D eigenvalue weighted by Crippen LogP contribution is 2.17. The third-order valence-corrected chi connectivity index (χ3v) is 3.00. The van der Waals surface area contributed by atoms with Crippen molar-refractivity contribution in [3.63, 3.8) is 0 Å². The van der Waals surface area contributed by atoms with Crippen LogP contribution in [-0.2, 0) is 9.53 Å². The van der Waals surface area contributed by atoms with E-state index in [9.17, 15) is 9.59 Å². The number of carbonyl (C=O) groups excluding carboxylic acids is 1. The molecule has 0 spiro atoms. The van der Waals surface area contributed by atoms with Crippen LogP contribution in [0.4, 0.5) is 4.79 Å². The normalized spacial score (nSPS) is 23.4. The molecule has 0 saturated carbocycles. The van der Waals surface area contributed by atoms with Gasteiger partial charge in [0, 0.05) is 26.6 Å². The summed E-state index contributed by atoms with van der Waals surface area (Å²) in [6.45, 7) is 3.02. The highest BCUT2D eigenvalue weighted by molar-refractivity contribution is 5.74. The monoisotopic (exact) mass is 244 g/mol. The minimum atomic E-state index is -0.842. The van der Waals surface area contributed by atoms with Gasteiger partial charge in [0.15, 0.2) is 0 Å². The quantitative estimate of drug-likeness (QED) is 0.697. The summed E-state index contributed by atoms with van der Waals surface area (Å²) in [6, 6.07) is -0.0628. The second-order valence-electron chi connectivity index (χ2n) is 4.27. The number of aliphatic carboxylic acids is 1. The predicted molar refractivity (Wildman–Crippen MR) is 61.9 cm³/mol. The highest BCUT2D eigenvalue weighted by Gasteiger charge is 2.30. The Morgan fingerprint density at radius 1 is 1.53 bits per heavy atom. The number of hydrogen-bond donors (Lipinski definition) is 2. The molecule has 0 aliphatic carbocycles. The van der Waals surface area contributed by atoms with Gasteiger partial charge in [0.25, 0.3) is 0 Å². The van der Waals surface area contributed by atoms with Crippen molar-refractivity contribution in [3.8, 4) is 0 Å². The van der Waals surface area contributed by atoms with Crippen LogP contribution in [0.5, 0.6) is 0 Å². The molecule has 6 nitrogen and oxygen atoms in total. The number of carboxylic acid groups (broad SMARTS) is 1. The Bertz CT molecular complexity index is 283. The van der Waals surface area contributed by atoms with Crippen LogP contribution in [0.2, 0.25) is 0 Å². The van der Waals surface area contributed by atoms with E-state index in [4.69, 9.17) is 9.84 Å². The van der Waals surface area contributed by atoms with Crippen molar-refractivity contribution in [2.75, 3.05) is 20.2 Å². The third kappa shape index (κ3) is 4.22. The lowest BCUT2D eigenvalue weighted by atomic mass is 10.1. The van der Waals surface area contributed by atoms with Crippen molar-refractivity contribution in [2.45, 2.75) is 38.3 Å². The number of ether oxygens (including phenoxy) is 1. The van der Waals surface area contributed by atoms with Gasteiger partial charge in [-0.15, -0.1) is 0 Å². The molecule has 2 amide bonds. The van der Waals surface area contributed by atoms with E-state index in [-0.39, 0.29) is 24.6 Å². The van der Waals surface area contributed by atoms with Gasteiger partial charge >= 0.3 is 12.0 Å². The van der Waals surface area contributed by atoms with E-state index in [0.717, 1.165) is 6.42 Å².